The molecular weight excluding hydrogens is 348 g/mol. The molecule has 3 aliphatic heterocycles. The second-order valence-electron chi connectivity index (χ2n) is 9.04. The van der Waals surface area contributed by atoms with E-state index in [2.05, 4.69) is 41.4 Å². The van der Waals surface area contributed by atoms with E-state index < -0.39 is 0 Å². The summed E-state index contributed by atoms with van der Waals surface area (Å²) in [7, 11) is 1.56. The molecule has 2 saturated carbocycles. The molecule has 2 saturated heterocycles. The van der Waals surface area contributed by atoms with Crippen molar-refractivity contribution in [3.63, 3.8) is 0 Å². The van der Waals surface area contributed by atoms with E-state index in [0.717, 1.165) is 6.42 Å². The summed E-state index contributed by atoms with van der Waals surface area (Å²) in [6.45, 7) is 4.82. The van der Waals surface area contributed by atoms with E-state index in [1.54, 1.807) is 7.11 Å². The van der Waals surface area contributed by atoms with Crippen LogP contribution in [0.2, 0.25) is 0 Å². The van der Waals surface area contributed by atoms with Crippen LogP contribution in [0.4, 0.5) is 5.69 Å². The number of nitrogens with one attached hydrogen (secondary N) is 1. The number of carbonyl (C=O) groups excluding carboxylic acids is 1. The van der Waals surface area contributed by atoms with Gasteiger partial charge in [0.25, 0.3) is 0 Å². The fourth-order valence-corrected chi connectivity index (χ4v) is 8.44. The van der Waals surface area contributed by atoms with Crippen molar-refractivity contribution in [1.82, 2.24) is 4.90 Å². The standard InChI is InChI=1S/C21H26N2O2.ClH/c1-13-19-8-5-10-23-11-9-20(18(19)23)14-6-3-4-7-16(14)22-21(13,20)15(12-19)17(24)25-2;/h3-4,6-7,13,15,18,22H,5,8-12H2,1-2H3;1H/t13-,15+,18+,19+,20-,21-;/m1./s1. The van der Waals surface area contributed by atoms with Crippen LogP contribution in [-0.2, 0) is 14.9 Å². The molecule has 5 aliphatic rings. The summed E-state index contributed by atoms with van der Waals surface area (Å²) in [6.07, 6.45) is 4.69. The number of rotatable bonds is 1. The van der Waals surface area contributed by atoms with Crippen LogP contribution >= 0.6 is 12.4 Å². The predicted molar refractivity (Wildman–Crippen MR) is 103 cm³/mol. The van der Waals surface area contributed by atoms with E-state index in [9.17, 15) is 4.79 Å². The molecule has 1 aromatic rings. The van der Waals surface area contributed by atoms with Crippen molar-refractivity contribution < 1.29 is 9.53 Å². The van der Waals surface area contributed by atoms with Crippen LogP contribution in [0.25, 0.3) is 0 Å². The Morgan fingerprint density at radius 2 is 2.08 bits per heavy atom. The first kappa shape index (κ1) is 16.9. The molecule has 3 spiro atoms. The molecular formula is C21H27ClN2O2. The van der Waals surface area contributed by atoms with Gasteiger partial charge in [-0.2, -0.15) is 0 Å². The summed E-state index contributed by atoms with van der Waals surface area (Å²) < 4.78 is 5.32. The third-order valence-electron chi connectivity index (χ3n) is 8.91. The Bertz CT molecular complexity index is 800. The monoisotopic (exact) mass is 374 g/mol. The minimum atomic E-state index is -0.173. The number of benzene rings is 1. The van der Waals surface area contributed by atoms with Gasteiger partial charge in [0.15, 0.2) is 0 Å². The molecule has 4 nitrogen and oxygen atoms in total. The molecule has 4 fully saturated rings. The van der Waals surface area contributed by atoms with E-state index in [4.69, 9.17) is 4.74 Å². The van der Waals surface area contributed by atoms with E-state index in [1.165, 1.54) is 43.6 Å². The fraction of sp³-hybridized carbons (Fsp3) is 0.667. The lowest BCUT2D eigenvalue weighted by molar-refractivity contribution is -0.150. The zero-order valence-electron chi connectivity index (χ0n) is 15.5. The smallest absolute Gasteiger partial charge is 0.311 e. The summed E-state index contributed by atoms with van der Waals surface area (Å²) in [5.41, 5.74) is 2.88. The van der Waals surface area contributed by atoms with Crippen molar-refractivity contribution in [1.29, 1.82) is 0 Å². The Morgan fingerprint density at radius 3 is 2.88 bits per heavy atom. The topological polar surface area (TPSA) is 41.6 Å². The minimum absolute atomic E-state index is 0. The second-order valence-corrected chi connectivity index (χ2v) is 9.04. The molecule has 0 unspecified atom stereocenters. The zero-order valence-corrected chi connectivity index (χ0v) is 16.3. The summed E-state index contributed by atoms with van der Waals surface area (Å²) in [5.74, 6) is 0.449. The van der Waals surface area contributed by atoms with E-state index >= 15 is 0 Å². The highest BCUT2D eigenvalue weighted by molar-refractivity contribution is 5.85. The van der Waals surface area contributed by atoms with Crippen LogP contribution in [0.15, 0.2) is 24.3 Å². The number of esters is 1. The van der Waals surface area contributed by atoms with Gasteiger partial charge in [0.2, 0.25) is 0 Å². The number of halogens is 1. The number of carbonyl (C=O) groups is 1. The quantitative estimate of drug-likeness (QED) is 0.766. The molecule has 0 aromatic heterocycles. The SMILES string of the molecule is COC(=O)[C@@H]1C[C@@]23CCCN4CC[C@@]5(c6ccccc6N[C@]15[C@@H]2C)[C@@H]43.Cl. The largest absolute Gasteiger partial charge is 0.469 e. The van der Waals surface area contributed by atoms with Gasteiger partial charge in [0.05, 0.1) is 18.6 Å². The Balaban J connectivity index is 0.00000150. The maximum atomic E-state index is 12.9. The number of methoxy groups -OCH3 is 1. The maximum absolute atomic E-state index is 12.9. The van der Waals surface area contributed by atoms with Gasteiger partial charge in [-0.3, -0.25) is 9.69 Å². The Hall–Kier alpha value is -1.26. The molecule has 140 valence electrons. The summed E-state index contributed by atoms with van der Waals surface area (Å²) in [4.78, 5) is 15.7. The van der Waals surface area contributed by atoms with Crippen LogP contribution < -0.4 is 5.32 Å². The number of hydrogen-bond donors (Lipinski definition) is 1. The van der Waals surface area contributed by atoms with Gasteiger partial charge < -0.3 is 10.1 Å². The summed E-state index contributed by atoms with van der Waals surface area (Å²) in [5, 5.41) is 3.96. The second kappa shape index (κ2) is 4.96. The van der Waals surface area contributed by atoms with Gasteiger partial charge in [-0.1, -0.05) is 25.1 Å². The fourth-order valence-electron chi connectivity index (χ4n) is 8.44. The number of nitrogens with zero attached hydrogens (tertiary/aromatic N) is 1. The van der Waals surface area contributed by atoms with Crippen LogP contribution in [0.1, 0.15) is 38.2 Å². The van der Waals surface area contributed by atoms with Crippen LogP contribution in [0, 0.1) is 17.3 Å². The molecule has 6 atom stereocenters. The van der Waals surface area contributed by atoms with Gasteiger partial charge in [-0.15, -0.1) is 12.4 Å². The average Bonchev–Trinajstić information content (AvgIpc) is 3.29. The van der Waals surface area contributed by atoms with Crippen molar-refractivity contribution in [2.75, 3.05) is 25.5 Å². The third-order valence-corrected chi connectivity index (χ3v) is 8.91. The lowest BCUT2D eigenvalue weighted by Crippen LogP contribution is -2.63. The Morgan fingerprint density at radius 1 is 1.27 bits per heavy atom. The molecule has 1 aromatic carbocycles. The van der Waals surface area contributed by atoms with Crippen molar-refractivity contribution >= 4 is 24.1 Å². The van der Waals surface area contributed by atoms with Crippen LogP contribution in [0.3, 0.4) is 0 Å². The average molecular weight is 375 g/mol. The molecule has 2 bridgehead atoms. The van der Waals surface area contributed by atoms with Gasteiger partial charge in [0, 0.05) is 17.1 Å². The van der Waals surface area contributed by atoms with Gasteiger partial charge in [0.1, 0.15) is 0 Å². The van der Waals surface area contributed by atoms with E-state index in [-0.39, 0.29) is 40.7 Å². The molecule has 26 heavy (non-hydrogen) atoms. The van der Waals surface area contributed by atoms with E-state index in [0.29, 0.717) is 12.0 Å². The molecule has 2 aliphatic carbocycles. The molecule has 3 heterocycles. The summed E-state index contributed by atoms with van der Waals surface area (Å²) >= 11 is 0. The molecule has 0 radical (unpaired) electrons. The van der Waals surface area contributed by atoms with Crippen LogP contribution in [0.5, 0.6) is 0 Å². The highest BCUT2D eigenvalue weighted by atomic mass is 35.5. The molecule has 5 heteroatoms. The summed E-state index contributed by atoms with van der Waals surface area (Å²) in [6, 6.07) is 9.42. The lowest BCUT2D eigenvalue weighted by atomic mass is 9.56. The first-order valence-electron chi connectivity index (χ1n) is 9.81. The van der Waals surface area contributed by atoms with Gasteiger partial charge >= 0.3 is 5.97 Å². The zero-order chi connectivity index (χ0) is 17.0. The first-order chi connectivity index (χ1) is 12.1. The lowest BCUT2D eigenvalue weighted by Gasteiger charge is -2.52. The van der Waals surface area contributed by atoms with Gasteiger partial charge in [-0.25, -0.2) is 0 Å². The number of para-hydroxylation sites is 1. The van der Waals surface area contributed by atoms with E-state index in [1.807, 2.05) is 0 Å². The Kier molecular flexibility index (Phi) is 3.22. The number of hydrogen-bond acceptors (Lipinski definition) is 4. The predicted octanol–water partition coefficient (Wildman–Crippen LogP) is 3.21. The maximum Gasteiger partial charge on any atom is 0.311 e. The third kappa shape index (κ3) is 1.40. The number of fused-ring (bicyclic) bond motifs is 1. The van der Waals surface area contributed by atoms with Crippen molar-refractivity contribution in [2.24, 2.45) is 17.3 Å². The van der Waals surface area contributed by atoms with Gasteiger partial charge in [-0.05, 0) is 61.7 Å². The van der Waals surface area contributed by atoms with Crippen molar-refractivity contribution in [3.8, 4) is 0 Å². The van der Waals surface area contributed by atoms with Crippen molar-refractivity contribution in [3.05, 3.63) is 29.8 Å². The Labute approximate surface area is 161 Å². The normalized spacial score (nSPS) is 46.8. The molecule has 1 N–H and O–H groups in total. The highest BCUT2D eigenvalue weighted by Gasteiger charge is 2.86. The highest BCUT2D eigenvalue weighted by Crippen LogP contribution is 2.79. The number of ether oxygens (including phenoxy) is 1. The molecule has 6 rings (SSSR count). The minimum Gasteiger partial charge on any atom is -0.469 e. The number of piperidine rings is 1. The van der Waals surface area contributed by atoms with Crippen molar-refractivity contribution in [2.45, 2.75) is 49.6 Å². The molecule has 0 amide bonds. The number of anilines is 1. The first-order valence-corrected chi connectivity index (χ1v) is 9.81. The van der Waals surface area contributed by atoms with Crippen LogP contribution in [-0.4, -0.2) is 42.6 Å².